The lowest BCUT2D eigenvalue weighted by atomic mass is 9.92. The third kappa shape index (κ3) is 6.17. The van der Waals surface area contributed by atoms with Crippen molar-refractivity contribution in [2.75, 3.05) is 20.3 Å². The van der Waals surface area contributed by atoms with Crippen molar-refractivity contribution >= 4 is 0 Å². The van der Waals surface area contributed by atoms with Crippen LogP contribution in [0.3, 0.4) is 0 Å². The minimum Gasteiger partial charge on any atom is -0.385 e. The molecule has 1 atom stereocenters. The van der Waals surface area contributed by atoms with E-state index < -0.39 is 0 Å². The Morgan fingerprint density at radius 2 is 1.95 bits per heavy atom. The van der Waals surface area contributed by atoms with E-state index in [2.05, 4.69) is 26.1 Å². The molecule has 1 aromatic carbocycles. The molecule has 0 aliphatic heterocycles. The van der Waals surface area contributed by atoms with E-state index in [1.54, 1.807) is 13.2 Å². The van der Waals surface area contributed by atoms with E-state index in [9.17, 15) is 4.39 Å². The highest BCUT2D eigenvalue weighted by atomic mass is 19.1. The van der Waals surface area contributed by atoms with Crippen molar-refractivity contribution in [2.24, 2.45) is 0 Å². The first-order chi connectivity index (χ1) is 8.94. The molecule has 0 aliphatic carbocycles. The van der Waals surface area contributed by atoms with E-state index in [-0.39, 0.29) is 17.3 Å². The number of hydrogen-bond donors (Lipinski definition) is 1. The largest absolute Gasteiger partial charge is 0.385 e. The molecule has 108 valence electrons. The molecular weight excluding hydrogens is 241 g/mol. The molecule has 0 bridgehead atoms. The Morgan fingerprint density at radius 3 is 2.53 bits per heavy atom. The molecule has 2 nitrogen and oxygen atoms in total. The van der Waals surface area contributed by atoms with Crippen LogP contribution in [0.15, 0.2) is 24.3 Å². The van der Waals surface area contributed by atoms with Crippen LogP contribution in [-0.4, -0.2) is 25.8 Å². The predicted molar refractivity (Wildman–Crippen MR) is 78.0 cm³/mol. The van der Waals surface area contributed by atoms with E-state index in [1.807, 2.05) is 12.1 Å². The van der Waals surface area contributed by atoms with Crippen LogP contribution in [0.4, 0.5) is 4.39 Å². The van der Waals surface area contributed by atoms with Gasteiger partial charge in [0.25, 0.3) is 0 Å². The molecule has 0 saturated carbocycles. The SMILES string of the molecule is COCCCC(CNC(C)(C)C)c1ccccc1F. The first-order valence-corrected chi connectivity index (χ1v) is 6.92. The topological polar surface area (TPSA) is 21.3 Å². The molecule has 1 unspecified atom stereocenters. The van der Waals surface area contributed by atoms with Gasteiger partial charge in [0.1, 0.15) is 5.82 Å². The first kappa shape index (κ1) is 16.1. The molecule has 1 aromatic rings. The highest BCUT2D eigenvalue weighted by Crippen LogP contribution is 2.24. The maximum atomic E-state index is 13.9. The zero-order valence-corrected chi connectivity index (χ0v) is 12.5. The number of nitrogens with one attached hydrogen (secondary N) is 1. The van der Waals surface area contributed by atoms with Gasteiger partial charge in [0.2, 0.25) is 0 Å². The highest BCUT2D eigenvalue weighted by Gasteiger charge is 2.18. The smallest absolute Gasteiger partial charge is 0.126 e. The fourth-order valence-electron chi connectivity index (χ4n) is 2.08. The van der Waals surface area contributed by atoms with Crippen molar-refractivity contribution in [3.63, 3.8) is 0 Å². The number of rotatable bonds is 7. The Kier molecular flexibility index (Phi) is 6.46. The van der Waals surface area contributed by atoms with E-state index in [0.717, 1.165) is 31.6 Å². The zero-order valence-electron chi connectivity index (χ0n) is 12.5. The lowest BCUT2D eigenvalue weighted by molar-refractivity contribution is 0.189. The van der Waals surface area contributed by atoms with Crippen LogP contribution in [0.1, 0.15) is 45.1 Å². The van der Waals surface area contributed by atoms with Crippen LogP contribution in [0.25, 0.3) is 0 Å². The maximum absolute atomic E-state index is 13.9. The average Bonchev–Trinajstić information content (AvgIpc) is 2.33. The van der Waals surface area contributed by atoms with E-state index in [4.69, 9.17) is 4.74 Å². The van der Waals surface area contributed by atoms with Gasteiger partial charge < -0.3 is 10.1 Å². The summed E-state index contributed by atoms with van der Waals surface area (Å²) in [6.07, 6.45) is 1.87. The fraction of sp³-hybridized carbons (Fsp3) is 0.625. The normalized spacial score (nSPS) is 13.5. The Labute approximate surface area is 116 Å². The van der Waals surface area contributed by atoms with Crippen molar-refractivity contribution in [2.45, 2.75) is 45.1 Å². The summed E-state index contributed by atoms with van der Waals surface area (Å²) in [5.74, 6) is 0.0798. The van der Waals surface area contributed by atoms with Crippen LogP contribution < -0.4 is 5.32 Å². The molecule has 0 aliphatic rings. The fourth-order valence-corrected chi connectivity index (χ4v) is 2.08. The standard InChI is InChI=1S/C16H26FNO/c1-16(2,3)18-12-13(8-7-11-19-4)14-9-5-6-10-15(14)17/h5-6,9-10,13,18H,7-8,11-12H2,1-4H3. The summed E-state index contributed by atoms with van der Waals surface area (Å²) in [5, 5.41) is 3.47. The summed E-state index contributed by atoms with van der Waals surface area (Å²) >= 11 is 0. The molecule has 1 N–H and O–H groups in total. The van der Waals surface area contributed by atoms with Gasteiger partial charge in [-0.05, 0) is 51.2 Å². The van der Waals surface area contributed by atoms with Crippen molar-refractivity contribution < 1.29 is 9.13 Å². The molecule has 0 saturated heterocycles. The van der Waals surface area contributed by atoms with E-state index >= 15 is 0 Å². The summed E-state index contributed by atoms with van der Waals surface area (Å²) in [7, 11) is 1.70. The van der Waals surface area contributed by atoms with Crippen LogP contribution in [0, 0.1) is 5.82 Å². The molecule has 1 rings (SSSR count). The number of methoxy groups -OCH3 is 1. The Bertz CT molecular complexity index is 373. The monoisotopic (exact) mass is 267 g/mol. The highest BCUT2D eigenvalue weighted by molar-refractivity contribution is 5.22. The quantitative estimate of drug-likeness (QED) is 0.760. The second-order valence-corrected chi connectivity index (χ2v) is 5.98. The summed E-state index contributed by atoms with van der Waals surface area (Å²) in [6.45, 7) is 7.89. The molecule has 3 heteroatoms. The molecule has 0 fully saturated rings. The van der Waals surface area contributed by atoms with Gasteiger partial charge in [-0.15, -0.1) is 0 Å². The third-order valence-corrected chi connectivity index (χ3v) is 3.12. The average molecular weight is 267 g/mol. The van der Waals surface area contributed by atoms with Crippen LogP contribution in [0.2, 0.25) is 0 Å². The number of benzene rings is 1. The minimum atomic E-state index is -0.111. The Morgan fingerprint density at radius 1 is 1.26 bits per heavy atom. The second-order valence-electron chi connectivity index (χ2n) is 5.98. The van der Waals surface area contributed by atoms with Gasteiger partial charge in [-0.3, -0.25) is 0 Å². The van der Waals surface area contributed by atoms with Gasteiger partial charge in [-0.1, -0.05) is 18.2 Å². The summed E-state index contributed by atoms with van der Waals surface area (Å²) < 4.78 is 19.0. The summed E-state index contributed by atoms with van der Waals surface area (Å²) in [5.41, 5.74) is 0.848. The molecule has 0 amide bonds. The van der Waals surface area contributed by atoms with Crippen molar-refractivity contribution in [3.8, 4) is 0 Å². The molecule has 19 heavy (non-hydrogen) atoms. The van der Waals surface area contributed by atoms with Gasteiger partial charge >= 0.3 is 0 Å². The number of halogens is 1. The second kappa shape index (κ2) is 7.61. The van der Waals surface area contributed by atoms with Gasteiger partial charge in [-0.2, -0.15) is 0 Å². The molecular formula is C16H26FNO. The summed E-state index contributed by atoms with van der Waals surface area (Å²) in [4.78, 5) is 0. The number of hydrogen-bond acceptors (Lipinski definition) is 2. The minimum absolute atomic E-state index is 0.0464. The van der Waals surface area contributed by atoms with Crippen molar-refractivity contribution in [1.82, 2.24) is 5.32 Å². The lowest BCUT2D eigenvalue weighted by Gasteiger charge is -2.26. The Hall–Kier alpha value is -0.930. The van der Waals surface area contributed by atoms with Gasteiger partial charge in [-0.25, -0.2) is 4.39 Å². The molecule has 0 spiro atoms. The van der Waals surface area contributed by atoms with Crippen LogP contribution >= 0.6 is 0 Å². The zero-order chi connectivity index (χ0) is 14.3. The van der Waals surface area contributed by atoms with Gasteiger partial charge in [0.05, 0.1) is 0 Å². The maximum Gasteiger partial charge on any atom is 0.126 e. The van der Waals surface area contributed by atoms with E-state index in [0.29, 0.717) is 0 Å². The summed E-state index contributed by atoms with van der Waals surface area (Å²) in [6, 6.07) is 7.06. The Balaban J connectivity index is 2.71. The first-order valence-electron chi connectivity index (χ1n) is 6.92. The third-order valence-electron chi connectivity index (χ3n) is 3.12. The molecule has 0 aromatic heterocycles. The van der Waals surface area contributed by atoms with E-state index in [1.165, 1.54) is 6.07 Å². The van der Waals surface area contributed by atoms with Crippen molar-refractivity contribution in [3.05, 3.63) is 35.6 Å². The number of ether oxygens (including phenoxy) is 1. The van der Waals surface area contributed by atoms with Crippen molar-refractivity contribution in [1.29, 1.82) is 0 Å². The molecule has 0 heterocycles. The predicted octanol–water partition coefficient (Wildman–Crippen LogP) is 3.72. The lowest BCUT2D eigenvalue weighted by Crippen LogP contribution is -2.38. The molecule has 0 radical (unpaired) electrons. The van der Waals surface area contributed by atoms with Gasteiger partial charge in [0, 0.05) is 25.8 Å². The van der Waals surface area contributed by atoms with Gasteiger partial charge in [0.15, 0.2) is 0 Å². The van der Waals surface area contributed by atoms with Crippen LogP contribution in [0.5, 0.6) is 0 Å². The van der Waals surface area contributed by atoms with Crippen LogP contribution in [-0.2, 0) is 4.74 Å².